The third-order valence-corrected chi connectivity index (χ3v) is 4.83. The van der Waals surface area contributed by atoms with Gasteiger partial charge in [0, 0.05) is 24.2 Å². The number of hydrogen-bond donors (Lipinski definition) is 1. The molecule has 0 saturated heterocycles. The Morgan fingerprint density at radius 3 is 2.56 bits per heavy atom. The van der Waals surface area contributed by atoms with Crippen LogP contribution in [-0.4, -0.2) is 29.6 Å². The molecule has 0 atom stereocenters. The number of unbranched alkanes of at least 4 members (excludes halogenated alkanes) is 3. The molecule has 0 bridgehead atoms. The van der Waals surface area contributed by atoms with E-state index in [0.29, 0.717) is 41.8 Å². The average Bonchev–Trinajstić information content (AvgIpc) is 2.84. The lowest BCUT2D eigenvalue weighted by Crippen LogP contribution is -2.14. The van der Waals surface area contributed by atoms with E-state index < -0.39 is 0 Å². The first-order valence-corrected chi connectivity index (χ1v) is 10.8. The number of rotatable bonds is 12. The number of carbonyl (C=O) groups is 1. The molecule has 32 heavy (non-hydrogen) atoms. The Bertz CT molecular complexity index is 995. The molecule has 168 valence electrons. The summed E-state index contributed by atoms with van der Waals surface area (Å²) in [6.45, 7) is 3.14. The van der Waals surface area contributed by atoms with Gasteiger partial charge in [0.2, 0.25) is 0 Å². The summed E-state index contributed by atoms with van der Waals surface area (Å²) in [6.07, 6.45) is 9.51. The van der Waals surface area contributed by atoms with Gasteiger partial charge in [-0.1, -0.05) is 26.2 Å². The summed E-state index contributed by atoms with van der Waals surface area (Å²) in [4.78, 5) is 21.1. The predicted octanol–water partition coefficient (Wildman–Crippen LogP) is 5.28. The van der Waals surface area contributed by atoms with Crippen LogP contribution in [-0.2, 0) is 6.61 Å². The zero-order chi connectivity index (χ0) is 22.6. The van der Waals surface area contributed by atoms with Crippen molar-refractivity contribution in [3.63, 3.8) is 0 Å². The van der Waals surface area contributed by atoms with E-state index in [2.05, 4.69) is 22.2 Å². The third-order valence-electron chi connectivity index (χ3n) is 4.83. The Hall–Kier alpha value is -3.61. The van der Waals surface area contributed by atoms with Crippen LogP contribution in [0.15, 0.2) is 61.1 Å². The molecule has 3 rings (SSSR count). The average molecular weight is 436 g/mol. The molecule has 1 amide bonds. The van der Waals surface area contributed by atoms with Gasteiger partial charge in [0.25, 0.3) is 5.91 Å². The van der Waals surface area contributed by atoms with E-state index in [0.717, 1.165) is 18.4 Å². The minimum Gasteiger partial charge on any atom is -0.493 e. The lowest BCUT2D eigenvalue weighted by molar-refractivity contribution is 0.102. The van der Waals surface area contributed by atoms with Gasteiger partial charge in [0.1, 0.15) is 6.61 Å². The van der Waals surface area contributed by atoms with Crippen molar-refractivity contribution in [2.75, 3.05) is 19.0 Å². The standard InChI is InChI=1S/C25H29N3O4/c1-3-4-5-6-16-31-21-10-9-20(17-23(21)30-2)25(29)28-24-22(8-7-13-27-24)32-18-19-11-14-26-15-12-19/h7-15,17H,3-6,16,18H2,1-2H3,(H,27,28,29). The number of hydrogen-bond acceptors (Lipinski definition) is 6. The van der Waals surface area contributed by atoms with Crippen LogP contribution in [0.1, 0.15) is 48.5 Å². The highest BCUT2D eigenvalue weighted by Crippen LogP contribution is 2.29. The van der Waals surface area contributed by atoms with E-state index in [1.807, 2.05) is 12.1 Å². The van der Waals surface area contributed by atoms with Crippen LogP contribution in [0.4, 0.5) is 5.82 Å². The lowest BCUT2D eigenvalue weighted by Gasteiger charge is -2.13. The van der Waals surface area contributed by atoms with E-state index in [1.165, 1.54) is 12.8 Å². The highest BCUT2D eigenvalue weighted by atomic mass is 16.5. The van der Waals surface area contributed by atoms with Gasteiger partial charge in [-0.2, -0.15) is 0 Å². The molecule has 0 aliphatic heterocycles. The molecule has 2 aromatic heterocycles. The largest absolute Gasteiger partial charge is 0.493 e. The molecule has 7 heteroatoms. The maximum absolute atomic E-state index is 12.8. The van der Waals surface area contributed by atoms with Crippen molar-refractivity contribution in [2.24, 2.45) is 0 Å². The van der Waals surface area contributed by atoms with Crippen molar-refractivity contribution in [3.05, 3.63) is 72.2 Å². The van der Waals surface area contributed by atoms with Crippen molar-refractivity contribution in [1.82, 2.24) is 9.97 Å². The molecule has 0 unspecified atom stereocenters. The van der Waals surface area contributed by atoms with Crippen LogP contribution in [0, 0.1) is 0 Å². The lowest BCUT2D eigenvalue weighted by atomic mass is 10.2. The van der Waals surface area contributed by atoms with Gasteiger partial charge in [-0.3, -0.25) is 9.78 Å². The summed E-state index contributed by atoms with van der Waals surface area (Å²) in [6, 6.07) is 12.4. The van der Waals surface area contributed by atoms with Gasteiger partial charge in [0.15, 0.2) is 23.1 Å². The van der Waals surface area contributed by atoms with Crippen molar-refractivity contribution >= 4 is 11.7 Å². The number of benzene rings is 1. The zero-order valence-corrected chi connectivity index (χ0v) is 18.5. The quantitative estimate of drug-likeness (QED) is 0.390. The SMILES string of the molecule is CCCCCCOc1ccc(C(=O)Nc2ncccc2OCc2ccncc2)cc1OC. The number of methoxy groups -OCH3 is 1. The van der Waals surface area contributed by atoms with E-state index >= 15 is 0 Å². The zero-order valence-electron chi connectivity index (χ0n) is 18.5. The molecule has 7 nitrogen and oxygen atoms in total. The number of aromatic nitrogens is 2. The van der Waals surface area contributed by atoms with Crippen LogP contribution < -0.4 is 19.5 Å². The molecule has 1 aromatic carbocycles. The predicted molar refractivity (Wildman–Crippen MR) is 123 cm³/mol. The van der Waals surface area contributed by atoms with Gasteiger partial charge in [-0.25, -0.2) is 4.98 Å². The van der Waals surface area contributed by atoms with Crippen LogP contribution in [0.2, 0.25) is 0 Å². The number of pyridine rings is 2. The highest BCUT2D eigenvalue weighted by Gasteiger charge is 2.14. The number of carbonyl (C=O) groups excluding carboxylic acids is 1. The molecule has 0 saturated carbocycles. The van der Waals surface area contributed by atoms with Crippen molar-refractivity contribution in [1.29, 1.82) is 0 Å². The van der Waals surface area contributed by atoms with Crippen molar-refractivity contribution in [3.8, 4) is 17.2 Å². The van der Waals surface area contributed by atoms with Crippen LogP contribution >= 0.6 is 0 Å². The molecule has 0 aliphatic carbocycles. The summed E-state index contributed by atoms with van der Waals surface area (Å²) in [7, 11) is 1.56. The normalized spacial score (nSPS) is 10.4. The van der Waals surface area contributed by atoms with E-state index in [-0.39, 0.29) is 5.91 Å². The molecular weight excluding hydrogens is 406 g/mol. The number of amides is 1. The maximum atomic E-state index is 12.8. The van der Waals surface area contributed by atoms with E-state index in [9.17, 15) is 4.79 Å². The topological polar surface area (TPSA) is 82.6 Å². The minimum atomic E-state index is -0.315. The summed E-state index contributed by atoms with van der Waals surface area (Å²) in [5.41, 5.74) is 1.40. The van der Waals surface area contributed by atoms with E-state index in [1.54, 1.807) is 56.0 Å². The Morgan fingerprint density at radius 1 is 0.938 bits per heavy atom. The molecule has 1 N–H and O–H groups in total. The first-order valence-electron chi connectivity index (χ1n) is 10.8. The molecule has 0 aliphatic rings. The fourth-order valence-corrected chi connectivity index (χ4v) is 3.06. The number of anilines is 1. The Kier molecular flexibility index (Phi) is 8.86. The second kappa shape index (κ2) is 12.3. The molecule has 0 fully saturated rings. The molecule has 3 aromatic rings. The first-order chi connectivity index (χ1) is 15.7. The van der Waals surface area contributed by atoms with Gasteiger partial charge in [-0.15, -0.1) is 0 Å². The number of ether oxygens (including phenoxy) is 3. The summed E-state index contributed by atoms with van der Waals surface area (Å²) in [5, 5.41) is 2.82. The van der Waals surface area contributed by atoms with Crippen molar-refractivity contribution < 1.29 is 19.0 Å². The molecular formula is C25H29N3O4. The van der Waals surface area contributed by atoms with Gasteiger partial charge in [-0.05, 0) is 54.4 Å². The van der Waals surface area contributed by atoms with Crippen LogP contribution in [0.25, 0.3) is 0 Å². The second-order valence-electron chi connectivity index (χ2n) is 7.22. The molecule has 2 heterocycles. The van der Waals surface area contributed by atoms with Gasteiger partial charge in [0.05, 0.1) is 13.7 Å². The van der Waals surface area contributed by atoms with Gasteiger partial charge >= 0.3 is 0 Å². The summed E-state index contributed by atoms with van der Waals surface area (Å²) in [5.74, 6) is 1.66. The van der Waals surface area contributed by atoms with Crippen LogP contribution in [0.5, 0.6) is 17.2 Å². The van der Waals surface area contributed by atoms with Crippen molar-refractivity contribution in [2.45, 2.75) is 39.2 Å². The minimum absolute atomic E-state index is 0.315. The third kappa shape index (κ3) is 6.70. The Labute approximate surface area is 188 Å². The van der Waals surface area contributed by atoms with E-state index in [4.69, 9.17) is 14.2 Å². The van der Waals surface area contributed by atoms with Crippen LogP contribution in [0.3, 0.4) is 0 Å². The first kappa shape index (κ1) is 23.1. The number of nitrogens with one attached hydrogen (secondary N) is 1. The summed E-state index contributed by atoms with van der Waals surface area (Å²) < 4.78 is 17.1. The fraction of sp³-hybridized carbons (Fsp3) is 0.320. The Morgan fingerprint density at radius 2 is 1.78 bits per heavy atom. The molecule has 0 radical (unpaired) electrons. The monoisotopic (exact) mass is 435 g/mol. The molecule has 0 spiro atoms. The summed E-state index contributed by atoms with van der Waals surface area (Å²) >= 11 is 0. The Balaban J connectivity index is 1.64. The maximum Gasteiger partial charge on any atom is 0.257 e. The fourth-order valence-electron chi connectivity index (χ4n) is 3.06. The second-order valence-corrected chi connectivity index (χ2v) is 7.22. The van der Waals surface area contributed by atoms with Gasteiger partial charge < -0.3 is 19.5 Å². The smallest absolute Gasteiger partial charge is 0.257 e. The number of nitrogens with zero attached hydrogens (tertiary/aromatic N) is 2. The highest BCUT2D eigenvalue weighted by molar-refractivity contribution is 6.04.